The Morgan fingerprint density at radius 2 is 2.19 bits per heavy atom. The molecule has 0 unspecified atom stereocenters. The Morgan fingerprint density at radius 3 is 2.81 bits per heavy atom. The minimum Gasteiger partial charge on any atom is -0.497 e. The van der Waals surface area contributed by atoms with Crippen molar-refractivity contribution in [3.05, 3.63) is 29.3 Å². The topological polar surface area (TPSA) is 71.9 Å². The molecule has 0 bridgehead atoms. The number of anilines is 1. The number of hydrogen-bond acceptors (Lipinski definition) is 4. The third-order valence-corrected chi connectivity index (χ3v) is 2.59. The molecule has 2 rings (SSSR count). The molecular formula is C12H11N3O. The summed E-state index contributed by atoms with van der Waals surface area (Å²) < 4.78 is 5.14. The number of hydrogen-bond donors (Lipinski definition) is 1. The molecule has 0 aliphatic carbocycles. The van der Waals surface area contributed by atoms with Crippen molar-refractivity contribution >= 4 is 16.7 Å². The lowest BCUT2D eigenvalue weighted by molar-refractivity contribution is 0.415. The van der Waals surface area contributed by atoms with Crippen LogP contribution >= 0.6 is 0 Å². The Balaban J connectivity index is 2.85. The number of pyridine rings is 1. The molecule has 0 aliphatic rings. The summed E-state index contributed by atoms with van der Waals surface area (Å²) in [5.41, 5.74) is 7.74. The number of rotatable bonds is 1. The summed E-state index contributed by atoms with van der Waals surface area (Å²) in [6, 6.07) is 7.58. The molecule has 4 heteroatoms. The van der Waals surface area contributed by atoms with Crippen LogP contribution in [-0.2, 0) is 0 Å². The molecule has 2 aromatic rings. The fourth-order valence-electron chi connectivity index (χ4n) is 1.69. The van der Waals surface area contributed by atoms with Crippen molar-refractivity contribution < 1.29 is 4.74 Å². The molecule has 16 heavy (non-hydrogen) atoms. The standard InChI is InChI=1S/C12H11N3O/c1-7-9-5-8(16-2)3-4-11(9)15-12(14)10(7)6-13/h3-5H,1-2H3,(H2,14,15). The molecule has 0 amide bonds. The van der Waals surface area contributed by atoms with Gasteiger partial charge in [-0.2, -0.15) is 5.26 Å². The van der Waals surface area contributed by atoms with E-state index in [9.17, 15) is 0 Å². The first-order valence-electron chi connectivity index (χ1n) is 4.81. The van der Waals surface area contributed by atoms with Crippen LogP contribution in [0.25, 0.3) is 10.9 Å². The lowest BCUT2D eigenvalue weighted by atomic mass is 10.0. The van der Waals surface area contributed by atoms with Gasteiger partial charge in [0.2, 0.25) is 0 Å². The first-order chi connectivity index (χ1) is 7.67. The Hall–Kier alpha value is -2.28. The highest BCUT2D eigenvalue weighted by molar-refractivity contribution is 5.87. The van der Waals surface area contributed by atoms with E-state index in [1.54, 1.807) is 7.11 Å². The fraction of sp³-hybridized carbons (Fsp3) is 0.167. The first kappa shape index (κ1) is 10.2. The molecule has 0 radical (unpaired) electrons. The number of nitrogen functional groups attached to an aromatic ring is 1. The molecule has 1 aromatic carbocycles. The summed E-state index contributed by atoms with van der Waals surface area (Å²) in [7, 11) is 1.60. The van der Waals surface area contributed by atoms with Crippen molar-refractivity contribution in [2.75, 3.05) is 12.8 Å². The fourth-order valence-corrected chi connectivity index (χ4v) is 1.69. The molecule has 0 saturated carbocycles. The highest BCUT2D eigenvalue weighted by Crippen LogP contribution is 2.26. The SMILES string of the molecule is COc1ccc2nc(N)c(C#N)c(C)c2c1. The number of aromatic nitrogens is 1. The Labute approximate surface area is 93.3 Å². The van der Waals surface area contributed by atoms with Gasteiger partial charge in [-0.1, -0.05) is 0 Å². The summed E-state index contributed by atoms with van der Waals surface area (Å²) in [4.78, 5) is 4.18. The van der Waals surface area contributed by atoms with Crippen molar-refractivity contribution in [1.82, 2.24) is 4.98 Å². The van der Waals surface area contributed by atoms with Gasteiger partial charge in [0, 0.05) is 5.39 Å². The van der Waals surface area contributed by atoms with Gasteiger partial charge in [0.25, 0.3) is 0 Å². The lowest BCUT2D eigenvalue weighted by Gasteiger charge is -2.07. The summed E-state index contributed by atoms with van der Waals surface area (Å²) in [6.45, 7) is 1.86. The van der Waals surface area contributed by atoms with Crippen LogP contribution in [0.3, 0.4) is 0 Å². The van der Waals surface area contributed by atoms with Gasteiger partial charge in [0.05, 0.1) is 18.2 Å². The summed E-state index contributed by atoms with van der Waals surface area (Å²) in [5.74, 6) is 1.02. The zero-order valence-corrected chi connectivity index (χ0v) is 9.11. The van der Waals surface area contributed by atoms with Crippen molar-refractivity contribution in [3.63, 3.8) is 0 Å². The van der Waals surface area contributed by atoms with E-state index in [4.69, 9.17) is 15.7 Å². The van der Waals surface area contributed by atoms with Crippen LogP contribution in [0, 0.1) is 18.3 Å². The average Bonchev–Trinajstić information content (AvgIpc) is 2.29. The molecule has 1 aromatic heterocycles. The molecule has 0 fully saturated rings. The van der Waals surface area contributed by atoms with Crippen LogP contribution < -0.4 is 10.5 Å². The van der Waals surface area contributed by atoms with Gasteiger partial charge in [-0.25, -0.2) is 4.98 Å². The second-order valence-electron chi connectivity index (χ2n) is 3.49. The number of methoxy groups -OCH3 is 1. The lowest BCUT2D eigenvalue weighted by Crippen LogP contribution is -1.99. The largest absolute Gasteiger partial charge is 0.497 e. The predicted octanol–water partition coefficient (Wildman–Crippen LogP) is 2.01. The van der Waals surface area contributed by atoms with Gasteiger partial charge in [0.15, 0.2) is 0 Å². The van der Waals surface area contributed by atoms with Crippen molar-refractivity contribution in [2.24, 2.45) is 0 Å². The van der Waals surface area contributed by atoms with E-state index in [-0.39, 0.29) is 5.82 Å². The second kappa shape index (κ2) is 3.70. The summed E-state index contributed by atoms with van der Waals surface area (Å²) in [6.07, 6.45) is 0. The first-order valence-corrected chi connectivity index (χ1v) is 4.81. The smallest absolute Gasteiger partial charge is 0.142 e. The zero-order valence-electron chi connectivity index (χ0n) is 9.11. The maximum Gasteiger partial charge on any atom is 0.142 e. The highest BCUT2D eigenvalue weighted by Gasteiger charge is 2.09. The van der Waals surface area contributed by atoms with Gasteiger partial charge in [-0.3, -0.25) is 0 Å². The minimum atomic E-state index is 0.276. The molecule has 4 nitrogen and oxygen atoms in total. The van der Waals surface area contributed by atoms with E-state index < -0.39 is 0 Å². The quantitative estimate of drug-likeness (QED) is 0.786. The van der Waals surface area contributed by atoms with Crippen LogP contribution in [-0.4, -0.2) is 12.1 Å². The van der Waals surface area contributed by atoms with Gasteiger partial charge in [-0.05, 0) is 30.7 Å². The number of fused-ring (bicyclic) bond motifs is 1. The van der Waals surface area contributed by atoms with Crippen LogP contribution in [0.2, 0.25) is 0 Å². The number of benzene rings is 1. The predicted molar refractivity (Wildman–Crippen MR) is 62.2 cm³/mol. The van der Waals surface area contributed by atoms with E-state index in [2.05, 4.69) is 11.1 Å². The number of nitrogens with zero attached hydrogens (tertiary/aromatic N) is 2. The van der Waals surface area contributed by atoms with Gasteiger partial charge in [0.1, 0.15) is 17.6 Å². The van der Waals surface area contributed by atoms with Crippen LogP contribution in [0.15, 0.2) is 18.2 Å². The van der Waals surface area contributed by atoms with Gasteiger partial charge in [-0.15, -0.1) is 0 Å². The molecular weight excluding hydrogens is 202 g/mol. The maximum atomic E-state index is 8.98. The maximum absolute atomic E-state index is 8.98. The van der Waals surface area contributed by atoms with E-state index >= 15 is 0 Å². The summed E-state index contributed by atoms with van der Waals surface area (Å²) in [5, 5.41) is 9.88. The normalized spacial score (nSPS) is 10.1. The van der Waals surface area contributed by atoms with Crippen molar-refractivity contribution in [2.45, 2.75) is 6.92 Å². The zero-order chi connectivity index (χ0) is 11.7. The van der Waals surface area contributed by atoms with Crippen LogP contribution in [0.5, 0.6) is 5.75 Å². The van der Waals surface area contributed by atoms with E-state index in [0.717, 1.165) is 22.2 Å². The van der Waals surface area contributed by atoms with E-state index in [1.807, 2.05) is 25.1 Å². The van der Waals surface area contributed by atoms with E-state index in [0.29, 0.717) is 5.56 Å². The molecule has 0 saturated heterocycles. The Kier molecular flexibility index (Phi) is 2.37. The molecule has 80 valence electrons. The number of ether oxygens (including phenoxy) is 1. The number of nitrogens with two attached hydrogens (primary N) is 1. The average molecular weight is 213 g/mol. The van der Waals surface area contributed by atoms with Crippen molar-refractivity contribution in [3.8, 4) is 11.8 Å². The molecule has 1 heterocycles. The summed E-state index contributed by atoms with van der Waals surface area (Å²) >= 11 is 0. The number of aryl methyl sites for hydroxylation is 1. The Morgan fingerprint density at radius 1 is 1.44 bits per heavy atom. The third-order valence-electron chi connectivity index (χ3n) is 2.59. The van der Waals surface area contributed by atoms with Gasteiger partial charge < -0.3 is 10.5 Å². The van der Waals surface area contributed by atoms with Gasteiger partial charge >= 0.3 is 0 Å². The number of nitriles is 1. The molecule has 2 N–H and O–H groups in total. The molecule has 0 spiro atoms. The second-order valence-corrected chi connectivity index (χ2v) is 3.49. The third kappa shape index (κ3) is 1.43. The monoisotopic (exact) mass is 213 g/mol. The minimum absolute atomic E-state index is 0.276. The highest BCUT2D eigenvalue weighted by atomic mass is 16.5. The van der Waals surface area contributed by atoms with Crippen molar-refractivity contribution in [1.29, 1.82) is 5.26 Å². The van der Waals surface area contributed by atoms with E-state index in [1.165, 1.54) is 0 Å². The Bertz CT molecular complexity index is 599. The molecule has 0 aliphatic heterocycles. The van der Waals surface area contributed by atoms with Crippen LogP contribution in [0.4, 0.5) is 5.82 Å². The van der Waals surface area contributed by atoms with Crippen LogP contribution in [0.1, 0.15) is 11.1 Å². The molecule has 0 atom stereocenters.